The van der Waals surface area contributed by atoms with E-state index in [2.05, 4.69) is 16.0 Å². The van der Waals surface area contributed by atoms with Crippen molar-refractivity contribution in [2.24, 2.45) is 0 Å². The molecule has 0 aliphatic rings. The standard InChI is InChI=1S/C34H33N3O4S/c1-4-41-29-16-11-25(12-17-29)21-31(37-33(39)26-8-6-5-7-9-26)34(40)36-27-14-18-30(19-15-27)42-22-32(38)35-28-13-10-23(2)24(3)20-28/h5-21H,4,22H2,1-3H3,(H,35,38)(H,36,40)(H,37,39)/b31-21-. The summed E-state index contributed by atoms with van der Waals surface area (Å²) in [5, 5.41) is 8.51. The number of hydrogen-bond acceptors (Lipinski definition) is 5. The Labute approximate surface area is 250 Å². The predicted molar refractivity (Wildman–Crippen MR) is 170 cm³/mol. The normalized spacial score (nSPS) is 11.0. The molecule has 3 N–H and O–H groups in total. The number of carbonyl (C=O) groups excluding carboxylic acids is 3. The Morgan fingerprint density at radius 3 is 2.14 bits per heavy atom. The van der Waals surface area contributed by atoms with Crippen LogP contribution in [0, 0.1) is 13.8 Å². The van der Waals surface area contributed by atoms with E-state index in [1.54, 1.807) is 42.5 Å². The minimum atomic E-state index is -0.471. The molecule has 0 saturated carbocycles. The summed E-state index contributed by atoms with van der Waals surface area (Å²) in [5.74, 6) is 0.00247. The van der Waals surface area contributed by atoms with Crippen LogP contribution >= 0.6 is 11.8 Å². The van der Waals surface area contributed by atoms with Gasteiger partial charge in [-0.2, -0.15) is 0 Å². The van der Waals surface area contributed by atoms with E-state index in [1.807, 2.05) is 81.4 Å². The van der Waals surface area contributed by atoms with Gasteiger partial charge in [-0.15, -0.1) is 11.8 Å². The second-order valence-electron chi connectivity index (χ2n) is 9.49. The molecule has 4 aromatic rings. The van der Waals surface area contributed by atoms with Crippen LogP contribution in [-0.2, 0) is 9.59 Å². The average molecular weight is 580 g/mol. The van der Waals surface area contributed by atoms with Crippen LogP contribution in [0.1, 0.15) is 34.0 Å². The highest BCUT2D eigenvalue weighted by molar-refractivity contribution is 8.00. The monoisotopic (exact) mass is 579 g/mol. The van der Waals surface area contributed by atoms with Crippen molar-refractivity contribution >= 4 is 46.9 Å². The molecule has 0 aliphatic carbocycles. The summed E-state index contributed by atoms with van der Waals surface area (Å²) in [5.41, 5.74) is 4.87. The van der Waals surface area contributed by atoms with Crippen LogP contribution in [0.15, 0.2) is 108 Å². The molecular weight excluding hydrogens is 546 g/mol. The summed E-state index contributed by atoms with van der Waals surface area (Å²) < 4.78 is 5.50. The largest absolute Gasteiger partial charge is 0.494 e. The first kappa shape index (κ1) is 30.1. The van der Waals surface area contributed by atoms with Gasteiger partial charge in [-0.25, -0.2) is 0 Å². The molecule has 214 valence electrons. The molecule has 0 heterocycles. The Balaban J connectivity index is 1.40. The zero-order valence-electron chi connectivity index (χ0n) is 23.8. The fourth-order valence-electron chi connectivity index (χ4n) is 3.93. The van der Waals surface area contributed by atoms with E-state index in [0.717, 1.165) is 27.5 Å². The molecule has 42 heavy (non-hydrogen) atoms. The quantitative estimate of drug-likeness (QED) is 0.134. The van der Waals surface area contributed by atoms with Crippen molar-refractivity contribution in [2.75, 3.05) is 23.0 Å². The van der Waals surface area contributed by atoms with Gasteiger partial charge in [0.25, 0.3) is 11.8 Å². The molecule has 4 aromatic carbocycles. The van der Waals surface area contributed by atoms with Gasteiger partial charge in [0, 0.05) is 21.8 Å². The molecule has 0 bridgehead atoms. The Bertz CT molecular complexity index is 1570. The van der Waals surface area contributed by atoms with Crippen LogP contribution < -0.4 is 20.7 Å². The lowest BCUT2D eigenvalue weighted by Crippen LogP contribution is -2.30. The molecule has 7 nitrogen and oxygen atoms in total. The number of amides is 3. The van der Waals surface area contributed by atoms with Crippen molar-refractivity contribution in [3.05, 3.63) is 125 Å². The van der Waals surface area contributed by atoms with Crippen molar-refractivity contribution < 1.29 is 19.1 Å². The second kappa shape index (κ2) is 14.7. The third kappa shape index (κ3) is 8.84. The zero-order chi connectivity index (χ0) is 29.9. The van der Waals surface area contributed by atoms with Crippen LogP contribution in [-0.4, -0.2) is 30.1 Å². The van der Waals surface area contributed by atoms with E-state index in [9.17, 15) is 14.4 Å². The van der Waals surface area contributed by atoms with Crippen LogP contribution in [0.25, 0.3) is 6.08 Å². The van der Waals surface area contributed by atoms with Gasteiger partial charge in [-0.1, -0.05) is 36.4 Å². The molecule has 3 amide bonds. The number of benzene rings is 4. The Kier molecular flexibility index (Phi) is 10.6. The van der Waals surface area contributed by atoms with E-state index in [0.29, 0.717) is 17.9 Å². The van der Waals surface area contributed by atoms with Gasteiger partial charge in [-0.3, -0.25) is 14.4 Å². The summed E-state index contributed by atoms with van der Waals surface area (Å²) in [6.45, 7) is 6.50. The van der Waals surface area contributed by atoms with Crippen LogP contribution in [0.5, 0.6) is 5.75 Å². The molecule has 0 radical (unpaired) electrons. The third-order valence-corrected chi connectivity index (χ3v) is 7.32. The summed E-state index contributed by atoms with van der Waals surface area (Å²) in [6, 6.07) is 29.0. The number of ether oxygens (including phenoxy) is 1. The molecular formula is C34H33N3O4S. The van der Waals surface area contributed by atoms with E-state index >= 15 is 0 Å². The van der Waals surface area contributed by atoms with Gasteiger partial charge in [0.05, 0.1) is 12.4 Å². The van der Waals surface area contributed by atoms with E-state index in [-0.39, 0.29) is 17.4 Å². The average Bonchev–Trinajstić information content (AvgIpc) is 3.00. The lowest BCUT2D eigenvalue weighted by atomic mass is 10.1. The number of anilines is 2. The Morgan fingerprint density at radius 1 is 0.786 bits per heavy atom. The summed E-state index contributed by atoms with van der Waals surface area (Å²) in [4.78, 5) is 39.5. The molecule has 0 atom stereocenters. The van der Waals surface area contributed by atoms with Gasteiger partial charge in [0.2, 0.25) is 5.91 Å². The highest BCUT2D eigenvalue weighted by atomic mass is 32.2. The molecule has 0 aliphatic heterocycles. The van der Waals surface area contributed by atoms with E-state index in [4.69, 9.17) is 4.74 Å². The topological polar surface area (TPSA) is 96.5 Å². The number of hydrogen-bond donors (Lipinski definition) is 3. The van der Waals surface area contributed by atoms with Crippen LogP contribution in [0.3, 0.4) is 0 Å². The second-order valence-corrected chi connectivity index (χ2v) is 10.5. The highest BCUT2D eigenvalue weighted by Gasteiger charge is 2.15. The molecule has 0 unspecified atom stereocenters. The van der Waals surface area contributed by atoms with E-state index in [1.165, 1.54) is 17.3 Å². The maximum Gasteiger partial charge on any atom is 0.272 e. The van der Waals surface area contributed by atoms with Gasteiger partial charge in [0.15, 0.2) is 0 Å². The van der Waals surface area contributed by atoms with Crippen molar-refractivity contribution in [1.29, 1.82) is 0 Å². The number of aryl methyl sites for hydroxylation is 2. The first-order chi connectivity index (χ1) is 20.3. The maximum atomic E-state index is 13.3. The Hall–Kier alpha value is -4.82. The molecule has 0 spiro atoms. The van der Waals surface area contributed by atoms with Gasteiger partial charge in [0.1, 0.15) is 11.4 Å². The molecule has 0 aromatic heterocycles. The molecule has 4 rings (SSSR count). The fourth-order valence-corrected chi connectivity index (χ4v) is 4.63. The summed E-state index contributed by atoms with van der Waals surface area (Å²) in [6.07, 6.45) is 1.62. The lowest BCUT2D eigenvalue weighted by Gasteiger charge is -2.12. The summed E-state index contributed by atoms with van der Waals surface area (Å²) >= 11 is 1.40. The van der Waals surface area contributed by atoms with Gasteiger partial charge < -0.3 is 20.7 Å². The maximum absolute atomic E-state index is 13.3. The SMILES string of the molecule is CCOc1ccc(/C=C(\NC(=O)c2ccccc2)C(=O)Nc2ccc(SCC(=O)Nc3ccc(C)c(C)c3)cc2)cc1. The minimum absolute atomic E-state index is 0.0921. The summed E-state index contributed by atoms with van der Waals surface area (Å²) in [7, 11) is 0. The number of rotatable bonds is 11. The molecule has 0 fully saturated rings. The van der Waals surface area contributed by atoms with Crippen LogP contribution in [0.4, 0.5) is 11.4 Å². The first-order valence-corrected chi connectivity index (χ1v) is 14.5. The Morgan fingerprint density at radius 2 is 1.48 bits per heavy atom. The molecule has 8 heteroatoms. The van der Waals surface area contributed by atoms with Crippen molar-refractivity contribution in [3.63, 3.8) is 0 Å². The number of carbonyl (C=O) groups is 3. The number of thioether (sulfide) groups is 1. The molecule has 0 saturated heterocycles. The van der Waals surface area contributed by atoms with Crippen molar-refractivity contribution in [2.45, 2.75) is 25.7 Å². The van der Waals surface area contributed by atoms with E-state index < -0.39 is 11.8 Å². The van der Waals surface area contributed by atoms with Crippen molar-refractivity contribution in [1.82, 2.24) is 5.32 Å². The zero-order valence-corrected chi connectivity index (χ0v) is 24.6. The predicted octanol–water partition coefficient (Wildman–Crippen LogP) is 6.84. The van der Waals surface area contributed by atoms with Gasteiger partial charge in [-0.05, 0) is 104 Å². The highest BCUT2D eigenvalue weighted by Crippen LogP contribution is 2.22. The third-order valence-electron chi connectivity index (χ3n) is 6.30. The van der Waals surface area contributed by atoms with Crippen molar-refractivity contribution in [3.8, 4) is 5.75 Å². The first-order valence-electron chi connectivity index (χ1n) is 13.5. The van der Waals surface area contributed by atoms with Gasteiger partial charge >= 0.3 is 0 Å². The smallest absolute Gasteiger partial charge is 0.272 e. The number of nitrogens with one attached hydrogen (secondary N) is 3. The lowest BCUT2D eigenvalue weighted by molar-refractivity contribution is -0.114. The fraction of sp³-hybridized carbons (Fsp3) is 0.147. The van der Waals surface area contributed by atoms with Crippen LogP contribution in [0.2, 0.25) is 0 Å². The minimum Gasteiger partial charge on any atom is -0.494 e.